The predicted molar refractivity (Wildman–Crippen MR) is 162 cm³/mol. The van der Waals surface area contributed by atoms with Crippen LogP contribution in [0.1, 0.15) is 37.4 Å². The largest absolute Gasteiger partial charge is 0.416 e. The predicted octanol–water partition coefficient (Wildman–Crippen LogP) is 5.47. The highest BCUT2D eigenvalue weighted by Gasteiger charge is 2.31. The van der Waals surface area contributed by atoms with Crippen molar-refractivity contribution in [3.8, 4) is 0 Å². The average Bonchev–Trinajstić information content (AvgIpc) is 3.01. The van der Waals surface area contributed by atoms with Crippen LogP contribution in [0.2, 0.25) is 0 Å². The molecule has 3 aromatic carbocycles. The van der Waals surface area contributed by atoms with Gasteiger partial charge in [0.05, 0.1) is 12.1 Å². The van der Waals surface area contributed by atoms with Gasteiger partial charge >= 0.3 is 6.18 Å². The lowest BCUT2D eigenvalue weighted by Gasteiger charge is -2.12. The Labute approximate surface area is 255 Å². The molecule has 3 amide bonds. The normalized spacial score (nSPS) is 10.8. The molecule has 0 radical (unpaired) electrons. The van der Waals surface area contributed by atoms with E-state index in [9.17, 15) is 32.3 Å². The minimum atomic E-state index is -4.59. The molecule has 4 rings (SSSR count). The van der Waals surface area contributed by atoms with Gasteiger partial charge in [-0.15, -0.1) is 0 Å². The number of nitrogens with one attached hydrogen (secondary N) is 4. The van der Waals surface area contributed by atoms with Crippen LogP contribution in [0.15, 0.2) is 91.8 Å². The summed E-state index contributed by atoms with van der Waals surface area (Å²) in [7, 11) is 0. The molecule has 0 saturated heterocycles. The quantitative estimate of drug-likeness (QED) is 0.129. The maximum atomic E-state index is 13.1. The minimum absolute atomic E-state index is 0.0456. The number of Topliss-reactive ketones (excluding diaryl/α,β-unsaturated/α-hetero) is 1. The summed E-state index contributed by atoms with van der Waals surface area (Å²) in [5, 5.41) is 10.6. The first-order chi connectivity index (χ1) is 21.4. The Balaban J connectivity index is 1.37. The van der Waals surface area contributed by atoms with Crippen LogP contribution < -0.4 is 21.3 Å². The van der Waals surface area contributed by atoms with Crippen LogP contribution in [0, 0.1) is 6.92 Å². The van der Waals surface area contributed by atoms with E-state index >= 15 is 0 Å². The van der Waals surface area contributed by atoms with Crippen molar-refractivity contribution >= 4 is 46.5 Å². The number of amides is 3. The first-order valence-corrected chi connectivity index (χ1v) is 13.4. The lowest BCUT2D eigenvalue weighted by Crippen LogP contribution is -2.31. The average molecular weight is 617 g/mol. The number of carbonyl (C=O) groups excluding carboxylic acids is 4. The van der Waals surface area contributed by atoms with Crippen LogP contribution in [-0.4, -0.2) is 40.0 Å². The van der Waals surface area contributed by atoms with Gasteiger partial charge in [-0.3, -0.25) is 19.2 Å². The van der Waals surface area contributed by atoms with Crippen LogP contribution in [0.4, 0.5) is 36.2 Å². The van der Waals surface area contributed by atoms with Crippen LogP contribution in [0.25, 0.3) is 0 Å². The zero-order chi connectivity index (χ0) is 32.6. The Hall–Kier alpha value is -5.85. The number of aryl methyl sites for hydroxylation is 1. The SMILES string of the molecule is C=CC(=O)NCC(=O)Nc1cccc(Nc2ncc(CC(=O)c3cc(NC(=O)c4cccc(C(F)(F)F)c4)ccc3C)cn2)c1. The molecular formula is C32H27F3N6O4. The Bertz CT molecular complexity index is 1760. The number of aromatic nitrogens is 2. The first-order valence-electron chi connectivity index (χ1n) is 13.4. The molecule has 1 aromatic heterocycles. The summed E-state index contributed by atoms with van der Waals surface area (Å²) in [4.78, 5) is 57.5. The minimum Gasteiger partial charge on any atom is -0.343 e. The third-order valence-electron chi connectivity index (χ3n) is 6.33. The van der Waals surface area contributed by atoms with Crippen molar-refractivity contribution in [1.29, 1.82) is 0 Å². The molecule has 0 saturated carbocycles. The van der Waals surface area contributed by atoms with Crippen molar-refractivity contribution < 1.29 is 32.3 Å². The monoisotopic (exact) mass is 616 g/mol. The van der Waals surface area contributed by atoms with Gasteiger partial charge in [-0.25, -0.2) is 9.97 Å². The fourth-order valence-corrected chi connectivity index (χ4v) is 4.08. The smallest absolute Gasteiger partial charge is 0.343 e. The second-order valence-electron chi connectivity index (χ2n) is 9.75. The number of carbonyl (C=O) groups is 4. The molecule has 0 aliphatic heterocycles. The summed E-state index contributed by atoms with van der Waals surface area (Å²) in [5.74, 6) is -1.67. The molecule has 10 nitrogen and oxygen atoms in total. The Morgan fingerprint density at radius 3 is 2.27 bits per heavy atom. The van der Waals surface area contributed by atoms with E-state index in [2.05, 4.69) is 37.8 Å². The van der Waals surface area contributed by atoms with E-state index < -0.39 is 29.5 Å². The maximum absolute atomic E-state index is 13.1. The van der Waals surface area contributed by atoms with Gasteiger partial charge in [-0.2, -0.15) is 13.2 Å². The third kappa shape index (κ3) is 9.07. The van der Waals surface area contributed by atoms with Gasteiger partial charge in [-0.05, 0) is 72.7 Å². The summed E-state index contributed by atoms with van der Waals surface area (Å²) >= 11 is 0. The van der Waals surface area contributed by atoms with Crippen molar-refractivity contribution in [1.82, 2.24) is 15.3 Å². The third-order valence-corrected chi connectivity index (χ3v) is 6.33. The van der Waals surface area contributed by atoms with E-state index in [1.54, 1.807) is 43.3 Å². The number of hydrogen-bond donors (Lipinski definition) is 4. The summed E-state index contributed by atoms with van der Waals surface area (Å²) in [6.07, 6.45) is -0.605. The highest BCUT2D eigenvalue weighted by molar-refractivity contribution is 6.06. The molecule has 0 fully saturated rings. The molecule has 13 heteroatoms. The number of anilines is 4. The number of nitrogens with zero attached hydrogens (tertiary/aromatic N) is 2. The van der Waals surface area contributed by atoms with Crippen LogP contribution in [0.5, 0.6) is 0 Å². The molecule has 0 bridgehead atoms. The maximum Gasteiger partial charge on any atom is 0.416 e. The molecular weight excluding hydrogens is 589 g/mol. The molecule has 0 aliphatic carbocycles. The van der Waals surface area contributed by atoms with Gasteiger partial charge in [0.15, 0.2) is 5.78 Å². The topological polar surface area (TPSA) is 142 Å². The van der Waals surface area contributed by atoms with Crippen molar-refractivity contribution in [3.63, 3.8) is 0 Å². The summed E-state index contributed by atoms with van der Waals surface area (Å²) < 4.78 is 39.1. The van der Waals surface area contributed by atoms with Gasteiger partial charge < -0.3 is 21.3 Å². The molecule has 0 spiro atoms. The molecule has 0 unspecified atom stereocenters. The zero-order valence-electron chi connectivity index (χ0n) is 23.9. The Morgan fingerprint density at radius 1 is 0.867 bits per heavy atom. The van der Waals surface area contributed by atoms with Gasteiger partial charge in [0.1, 0.15) is 0 Å². The highest BCUT2D eigenvalue weighted by atomic mass is 19.4. The number of hydrogen-bond acceptors (Lipinski definition) is 7. The van der Waals surface area contributed by atoms with Gasteiger partial charge in [-0.1, -0.05) is 24.8 Å². The van der Waals surface area contributed by atoms with E-state index in [1.807, 2.05) is 0 Å². The lowest BCUT2D eigenvalue weighted by atomic mass is 9.99. The van der Waals surface area contributed by atoms with Crippen molar-refractivity contribution in [3.05, 3.63) is 120 Å². The second-order valence-corrected chi connectivity index (χ2v) is 9.75. The van der Waals surface area contributed by atoms with Gasteiger partial charge in [0.2, 0.25) is 17.8 Å². The second kappa shape index (κ2) is 14.1. The molecule has 0 atom stereocenters. The molecule has 4 N–H and O–H groups in total. The number of alkyl halides is 3. The summed E-state index contributed by atoms with van der Waals surface area (Å²) in [6.45, 7) is 4.83. The van der Waals surface area contributed by atoms with Crippen LogP contribution >= 0.6 is 0 Å². The van der Waals surface area contributed by atoms with Crippen molar-refractivity contribution in [2.75, 3.05) is 22.5 Å². The van der Waals surface area contributed by atoms with Gasteiger partial charge in [0, 0.05) is 47.0 Å². The van der Waals surface area contributed by atoms with Crippen LogP contribution in [0.3, 0.4) is 0 Å². The highest BCUT2D eigenvalue weighted by Crippen LogP contribution is 2.30. The number of ketones is 1. The Morgan fingerprint density at radius 2 is 1.56 bits per heavy atom. The number of benzene rings is 3. The van der Waals surface area contributed by atoms with E-state index in [0.717, 1.165) is 24.3 Å². The van der Waals surface area contributed by atoms with Crippen LogP contribution in [-0.2, 0) is 22.2 Å². The zero-order valence-corrected chi connectivity index (χ0v) is 23.9. The summed E-state index contributed by atoms with van der Waals surface area (Å²) in [6, 6.07) is 15.5. The molecule has 45 heavy (non-hydrogen) atoms. The van der Waals surface area contributed by atoms with E-state index in [0.29, 0.717) is 28.1 Å². The van der Waals surface area contributed by atoms with Crippen molar-refractivity contribution in [2.45, 2.75) is 19.5 Å². The molecule has 4 aromatic rings. The van der Waals surface area contributed by atoms with E-state index in [-0.39, 0.29) is 35.9 Å². The summed E-state index contributed by atoms with van der Waals surface area (Å²) in [5.41, 5.74) is 1.68. The molecule has 230 valence electrons. The number of rotatable bonds is 11. The molecule has 0 aliphatic rings. The van der Waals surface area contributed by atoms with Crippen molar-refractivity contribution in [2.24, 2.45) is 0 Å². The first kappa shape index (κ1) is 32.1. The number of halogens is 3. The fraction of sp³-hybridized carbons (Fsp3) is 0.125. The lowest BCUT2D eigenvalue weighted by molar-refractivity contribution is -0.137. The van der Waals surface area contributed by atoms with E-state index in [1.165, 1.54) is 24.5 Å². The van der Waals surface area contributed by atoms with E-state index in [4.69, 9.17) is 0 Å². The van der Waals surface area contributed by atoms with Gasteiger partial charge in [0.25, 0.3) is 5.91 Å². The Kier molecular flexibility index (Phi) is 10.0. The standard InChI is InChI=1S/C32H27F3N6O4/c1-3-28(43)36-18-29(44)39-23-8-5-9-24(14-23)41-31-37-16-20(17-38-31)12-27(42)26-15-25(11-10-19(26)2)40-30(45)21-6-4-7-22(13-21)32(33,34)35/h3-11,13-17H,1,12,18H2,2H3,(H,36,43)(H,39,44)(H,40,45)(H,37,38,41). The fourth-order valence-electron chi connectivity index (χ4n) is 4.08. The molecule has 1 heterocycles.